The average molecular weight is 1600 g/mol. The lowest BCUT2D eigenvalue weighted by molar-refractivity contribution is -0.161. The van der Waals surface area contributed by atoms with Crippen molar-refractivity contribution in [3.8, 4) is 5.75 Å². The molecule has 0 bridgehead atoms. The van der Waals surface area contributed by atoms with Gasteiger partial charge in [-0.15, -0.1) is 0 Å². The standard InChI is InChI=1S/C83H134N14O17/c1-29-49(18)68(96(26)80(109)62(45(10)11)87-75(104)66(47(14)15)92(21)22)76(105)90-64-51(20)114-83(112)63(46(12)13)89-74(103)65(70(99)52-34-31-30-32-35-52)91-73(102)59(42(4)5)85-72(101)56(39-53-40-84-54-36-33-37-57(113-28)58(53)54)94(24)82(111)67(48(16)17)95(25)79(108)61(44(8)9)86-71(100)55(38-41(2)3)93(23)78(107)60(43(6)7)88-77(106)69(50(19)98)97(27)81(64)110/h30-37,40-51,55-56,59-70,84,98-99H,29,38-39H2,1-28H3,(H,85,101)(H,86,100)(H,87,104)(H,88,106)(H,89,103)(H,90,105)(H,91,102)/t49-,50-,51-,55+,56+,59+,60+,61+,62+,63+,64+,65+,66+,67+,68+,69+,70-/m1/s1. The highest BCUT2D eigenvalue weighted by molar-refractivity contribution is 6.01. The average Bonchev–Trinajstić information content (AvgIpc) is 1.65. The van der Waals surface area contributed by atoms with Gasteiger partial charge in [0.25, 0.3) is 0 Å². The molecule has 1 aromatic heterocycles. The number of carbonyl (C=O) groups is 13. The number of likely N-dealkylation sites (N-methyl/N-ethyl adjacent to an activating group) is 6. The minimum absolute atomic E-state index is 0.0286. The molecule has 0 spiro atoms. The number of fused-ring (bicyclic) bond motifs is 1. The number of methoxy groups -OCH3 is 1. The van der Waals surface area contributed by atoms with E-state index in [1.807, 2.05) is 27.7 Å². The Bertz CT molecular complexity index is 3800. The third-order valence-electron chi connectivity index (χ3n) is 21.7. The van der Waals surface area contributed by atoms with E-state index in [0.717, 1.165) is 16.8 Å². The van der Waals surface area contributed by atoms with Crippen molar-refractivity contribution in [1.29, 1.82) is 0 Å². The van der Waals surface area contributed by atoms with Crippen molar-refractivity contribution in [3.63, 3.8) is 0 Å². The zero-order valence-corrected chi connectivity index (χ0v) is 72.5. The fourth-order valence-corrected chi connectivity index (χ4v) is 14.8. The number of cyclic esters (lactones) is 1. The summed E-state index contributed by atoms with van der Waals surface area (Å²) in [5.41, 5.74) is 1.27. The highest BCUT2D eigenvalue weighted by Gasteiger charge is 2.48. The number of benzene rings is 2. The minimum Gasteiger partial charge on any atom is -0.496 e. The lowest BCUT2D eigenvalue weighted by Crippen LogP contribution is -2.65. The van der Waals surface area contributed by atoms with Crippen molar-refractivity contribution in [2.24, 2.45) is 53.3 Å². The molecule has 2 aromatic carbocycles. The number of amides is 12. The van der Waals surface area contributed by atoms with Crippen LogP contribution in [0.5, 0.6) is 5.75 Å². The largest absolute Gasteiger partial charge is 0.496 e. The number of aliphatic hydroxyl groups is 2. The molecule has 31 heteroatoms. The Morgan fingerprint density at radius 2 is 1.04 bits per heavy atom. The molecule has 0 unspecified atom stereocenters. The molecule has 114 heavy (non-hydrogen) atoms. The third kappa shape index (κ3) is 24.2. The number of aliphatic hydroxyl groups excluding tert-OH is 2. The number of hydrogen-bond donors (Lipinski definition) is 10. The normalized spacial score (nSPS) is 24.3. The summed E-state index contributed by atoms with van der Waals surface area (Å²) in [7, 11) is 11.6. The van der Waals surface area contributed by atoms with E-state index in [4.69, 9.17) is 9.47 Å². The summed E-state index contributed by atoms with van der Waals surface area (Å²) >= 11 is 0. The van der Waals surface area contributed by atoms with E-state index in [1.54, 1.807) is 159 Å². The number of H-pyrrole nitrogens is 1. The molecule has 4 rings (SSSR count). The first-order valence-corrected chi connectivity index (χ1v) is 39.9. The summed E-state index contributed by atoms with van der Waals surface area (Å²) < 4.78 is 11.9. The van der Waals surface area contributed by atoms with Crippen LogP contribution in [0.2, 0.25) is 0 Å². The topological polar surface area (TPSA) is 400 Å². The van der Waals surface area contributed by atoms with Gasteiger partial charge in [-0.05, 0) is 111 Å². The van der Waals surface area contributed by atoms with Crippen molar-refractivity contribution >= 4 is 87.8 Å². The Morgan fingerprint density at radius 1 is 0.544 bits per heavy atom. The van der Waals surface area contributed by atoms with Crippen molar-refractivity contribution in [2.45, 2.75) is 255 Å². The van der Waals surface area contributed by atoms with Gasteiger partial charge in [-0.1, -0.05) is 167 Å². The quantitative estimate of drug-likeness (QED) is 0.0568. The van der Waals surface area contributed by atoms with Gasteiger partial charge in [0.1, 0.15) is 90.5 Å². The number of hydrogen-bond acceptors (Lipinski definition) is 18. The van der Waals surface area contributed by atoms with E-state index >= 15 is 52.7 Å². The van der Waals surface area contributed by atoms with Crippen molar-refractivity contribution in [3.05, 3.63) is 65.9 Å². The van der Waals surface area contributed by atoms with Crippen LogP contribution in [-0.4, -0.2) is 269 Å². The fourth-order valence-electron chi connectivity index (χ4n) is 14.8. The molecule has 2 heterocycles. The highest BCUT2D eigenvalue weighted by Crippen LogP contribution is 2.32. The second kappa shape index (κ2) is 42.9. The summed E-state index contributed by atoms with van der Waals surface area (Å²) in [5.74, 6) is -16.5. The summed E-state index contributed by atoms with van der Waals surface area (Å²) in [6.45, 7) is 33.0. The van der Waals surface area contributed by atoms with E-state index in [2.05, 4.69) is 42.2 Å². The Kier molecular flexibility index (Phi) is 36.6. The minimum atomic E-state index is -2.02. The summed E-state index contributed by atoms with van der Waals surface area (Å²) in [4.78, 5) is 208. The van der Waals surface area contributed by atoms with Crippen LogP contribution in [0.1, 0.15) is 169 Å². The maximum Gasteiger partial charge on any atom is 0.329 e. The predicted molar refractivity (Wildman–Crippen MR) is 434 cm³/mol. The number of carbonyl (C=O) groups excluding carboxylic acids is 13. The highest BCUT2D eigenvalue weighted by atomic mass is 16.5. The van der Waals surface area contributed by atoms with Crippen LogP contribution in [0, 0.1) is 53.3 Å². The molecule has 1 aliphatic rings. The van der Waals surface area contributed by atoms with E-state index in [-0.39, 0.29) is 36.7 Å². The number of nitrogens with zero attached hydrogens (tertiary/aromatic N) is 6. The second-order valence-corrected chi connectivity index (χ2v) is 33.8. The zero-order valence-electron chi connectivity index (χ0n) is 72.5. The third-order valence-corrected chi connectivity index (χ3v) is 21.7. The number of rotatable bonds is 24. The van der Waals surface area contributed by atoms with E-state index in [9.17, 15) is 19.8 Å². The van der Waals surface area contributed by atoms with Gasteiger partial charge in [-0.3, -0.25) is 62.4 Å². The number of aromatic nitrogens is 1. The Labute approximate surface area is 674 Å². The first-order chi connectivity index (χ1) is 53.0. The Balaban J connectivity index is 2.09. The van der Waals surface area contributed by atoms with Gasteiger partial charge in [0, 0.05) is 58.8 Å². The smallest absolute Gasteiger partial charge is 0.329 e. The maximum atomic E-state index is 15.8. The van der Waals surface area contributed by atoms with Crippen LogP contribution in [0.4, 0.5) is 0 Å². The van der Waals surface area contributed by atoms with E-state index in [0.29, 0.717) is 22.2 Å². The number of ether oxygens (including phenoxy) is 2. The van der Waals surface area contributed by atoms with Crippen molar-refractivity contribution < 1.29 is 82.0 Å². The number of nitrogens with one attached hydrogen (secondary N) is 8. The summed E-state index contributed by atoms with van der Waals surface area (Å²) in [5, 5.41) is 44.0. The molecule has 1 saturated heterocycles. The number of esters is 1. The molecule has 0 saturated carbocycles. The van der Waals surface area contributed by atoms with Gasteiger partial charge >= 0.3 is 5.97 Å². The lowest BCUT2D eigenvalue weighted by atomic mass is 9.93. The first-order valence-electron chi connectivity index (χ1n) is 39.9. The van der Waals surface area contributed by atoms with E-state index < -0.39 is 215 Å². The molecule has 3 aromatic rings. The summed E-state index contributed by atoms with van der Waals surface area (Å²) in [6.07, 6.45) is -3.66. The lowest BCUT2D eigenvalue weighted by Gasteiger charge is -2.39. The maximum absolute atomic E-state index is 15.8. The molecule has 0 radical (unpaired) electrons. The molecular weight excluding hydrogens is 1460 g/mol. The zero-order chi connectivity index (χ0) is 86.8. The van der Waals surface area contributed by atoms with Crippen LogP contribution in [0.3, 0.4) is 0 Å². The van der Waals surface area contributed by atoms with Gasteiger partial charge in [-0.25, -0.2) is 4.79 Å². The van der Waals surface area contributed by atoms with Crippen LogP contribution in [0.25, 0.3) is 10.9 Å². The number of aromatic amines is 1. The Morgan fingerprint density at radius 3 is 1.53 bits per heavy atom. The molecule has 0 aliphatic carbocycles. The van der Waals surface area contributed by atoms with Crippen LogP contribution in [-0.2, 0) is 73.5 Å². The Hall–Kier alpha value is -9.23. The van der Waals surface area contributed by atoms with Gasteiger partial charge in [0.05, 0.1) is 19.3 Å². The molecule has 12 amide bonds. The molecule has 17 atom stereocenters. The van der Waals surface area contributed by atoms with Gasteiger partial charge in [0.2, 0.25) is 70.9 Å². The van der Waals surface area contributed by atoms with Crippen molar-refractivity contribution in [2.75, 3.05) is 56.4 Å². The van der Waals surface area contributed by atoms with Gasteiger partial charge < -0.3 is 86.4 Å². The predicted octanol–water partition coefficient (Wildman–Crippen LogP) is 3.92. The molecule has 31 nitrogen and oxygen atoms in total. The van der Waals surface area contributed by atoms with Crippen LogP contribution < -0.4 is 42.0 Å². The van der Waals surface area contributed by atoms with Gasteiger partial charge in [-0.2, -0.15) is 0 Å². The molecule has 10 N–H and O–H groups in total. The monoisotopic (exact) mass is 1600 g/mol. The van der Waals surface area contributed by atoms with Crippen LogP contribution in [0.15, 0.2) is 54.7 Å². The second-order valence-electron chi connectivity index (χ2n) is 33.8. The molecular formula is C83H134N14O17. The fraction of sp³-hybridized carbons (Fsp3) is 0.675. The van der Waals surface area contributed by atoms with Crippen LogP contribution >= 0.6 is 0 Å². The molecule has 638 valence electrons. The summed E-state index contributed by atoms with van der Waals surface area (Å²) in [6, 6.07) is -6.23. The molecule has 1 fully saturated rings. The van der Waals surface area contributed by atoms with Crippen molar-refractivity contribution in [1.82, 2.24) is 71.6 Å². The van der Waals surface area contributed by atoms with E-state index in [1.165, 1.54) is 76.0 Å². The SMILES string of the molecule is CC[C@@H](C)[C@@H](C(=O)N[C@@H]1C(=O)N(C)[C@@H]([C@@H](C)O)C(=O)N[C@@H](C(C)C)C(=O)N(C)[C@@H](CC(C)C)C(=O)N[C@@H](C(C)C)C(=O)N(C)[C@@H](C(C)C)C(=O)N(C)[C@@H](Cc2c[nH]c3cccc(OC)c23)C(=O)N[C@@H](C(C)C)C(=O)N[C@@H]([C@H](O)c2ccccc2)C(=O)N[C@@H](C(C)C)C(=O)O[C@@H]1C)N(C)C(=O)[C@@H](NC(=O)[C@H](C(C)C)N(C)C)C(C)C. The van der Waals surface area contributed by atoms with Gasteiger partial charge in [0.15, 0.2) is 0 Å². The first kappa shape index (κ1) is 97.1. The molecule has 1 aliphatic heterocycles.